The minimum Gasteiger partial charge on any atom is -0.325 e. The van der Waals surface area contributed by atoms with E-state index in [9.17, 15) is 13.2 Å². The number of benzene rings is 1. The molecule has 1 heterocycles. The normalized spacial score (nSPS) is 19.3. The van der Waals surface area contributed by atoms with Crippen molar-refractivity contribution in [2.24, 2.45) is 0 Å². The van der Waals surface area contributed by atoms with Gasteiger partial charge in [0.05, 0.1) is 10.6 Å². The molecule has 0 aliphatic carbocycles. The van der Waals surface area contributed by atoms with E-state index < -0.39 is 10.0 Å². The lowest BCUT2D eigenvalue weighted by atomic mass is 10.3. The number of sulfonamides is 1. The van der Waals surface area contributed by atoms with Crippen LogP contribution < -0.4 is 10.6 Å². The third-order valence-electron chi connectivity index (χ3n) is 3.30. The SMILES string of the molecule is CC(=O)Nc1ccc(S(=O)(=O)N2CCNCC2C)cc1Br.Cl. The van der Waals surface area contributed by atoms with Crippen molar-refractivity contribution in [3.05, 3.63) is 22.7 Å². The van der Waals surface area contributed by atoms with E-state index in [4.69, 9.17) is 0 Å². The van der Waals surface area contributed by atoms with Gasteiger partial charge in [0.2, 0.25) is 15.9 Å². The van der Waals surface area contributed by atoms with Crippen LogP contribution in [0.4, 0.5) is 5.69 Å². The molecule has 1 aliphatic heterocycles. The predicted octanol–water partition coefficient (Wildman–Crippen LogP) is 1.81. The van der Waals surface area contributed by atoms with E-state index in [1.165, 1.54) is 23.4 Å². The summed E-state index contributed by atoms with van der Waals surface area (Å²) in [6, 6.07) is 4.54. The monoisotopic (exact) mass is 411 g/mol. The first-order chi connectivity index (χ1) is 9.82. The van der Waals surface area contributed by atoms with Crippen molar-refractivity contribution < 1.29 is 13.2 Å². The van der Waals surface area contributed by atoms with Gasteiger partial charge in [-0.2, -0.15) is 4.31 Å². The fourth-order valence-electron chi connectivity index (χ4n) is 2.26. The molecule has 22 heavy (non-hydrogen) atoms. The molecule has 9 heteroatoms. The fraction of sp³-hybridized carbons (Fsp3) is 0.462. The van der Waals surface area contributed by atoms with E-state index >= 15 is 0 Å². The molecule has 6 nitrogen and oxygen atoms in total. The standard InChI is InChI=1S/C13H18BrN3O3S.ClH/c1-9-8-15-5-6-17(9)21(19,20)11-3-4-13(12(14)7-11)16-10(2)18;/h3-4,7,9,15H,5-6,8H2,1-2H3,(H,16,18);1H. The van der Waals surface area contributed by atoms with E-state index in [-0.39, 0.29) is 29.3 Å². The Morgan fingerprint density at radius 2 is 2.14 bits per heavy atom. The summed E-state index contributed by atoms with van der Waals surface area (Å²) < 4.78 is 27.4. The predicted molar refractivity (Wildman–Crippen MR) is 91.9 cm³/mol. The number of amides is 1. The highest BCUT2D eigenvalue weighted by atomic mass is 79.9. The highest BCUT2D eigenvalue weighted by Gasteiger charge is 2.31. The van der Waals surface area contributed by atoms with Gasteiger partial charge < -0.3 is 10.6 Å². The Morgan fingerprint density at radius 3 is 2.68 bits per heavy atom. The summed E-state index contributed by atoms with van der Waals surface area (Å²) in [7, 11) is -3.53. The van der Waals surface area contributed by atoms with Crippen LogP contribution in [0.15, 0.2) is 27.6 Å². The molecule has 1 aromatic carbocycles. The minimum absolute atomic E-state index is 0. The molecule has 0 spiro atoms. The fourth-order valence-corrected chi connectivity index (χ4v) is 4.55. The zero-order chi connectivity index (χ0) is 15.6. The summed E-state index contributed by atoms with van der Waals surface area (Å²) in [5.41, 5.74) is 0.551. The summed E-state index contributed by atoms with van der Waals surface area (Å²) in [5.74, 6) is -0.206. The first-order valence-electron chi connectivity index (χ1n) is 6.62. The van der Waals surface area contributed by atoms with Gasteiger partial charge in [-0.3, -0.25) is 4.79 Å². The number of hydrogen-bond acceptors (Lipinski definition) is 4. The second-order valence-electron chi connectivity index (χ2n) is 4.99. The van der Waals surface area contributed by atoms with Gasteiger partial charge in [-0.1, -0.05) is 0 Å². The second-order valence-corrected chi connectivity index (χ2v) is 7.74. The van der Waals surface area contributed by atoms with Crippen LogP contribution in [0, 0.1) is 0 Å². The first kappa shape index (κ1) is 19.4. The molecule has 124 valence electrons. The first-order valence-corrected chi connectivity index (χ1v) is 8.85. The van der Waals surface area contributed by atoms with Crippen LogP contribution in [0.3, 0.4) is 0 Å². The summed E-state index contributed by atoms with van der Waals surface area (Å²) >= 11 is 3.30. The van der Waals surface area contributed by atoms with Crippen molar-refractivity contribution in [1.29, 1.82) is 0 Å². The maximum Gasteiger partial charge on any atom is 0.243 e. The van der Waals surface area contributed by atoms with E-state index in [1.54, 1.807) is 6.07 Å². The lowest BCUT2D eigenvalue weighted by molar-refractivity contribution is -0.114. The third-order valence-corrected chi connectivity index (χ3v) is 5.96. The van der Waals surface area contributed by atoms with Crippen LogP contribution in [0.5, 0.6) is 0 Å². The Morgan fingerprint density at radius 1 is 1.45 bits per heavy atom. The molecule has 0 radical (unpaired) electrons. The molecular weight excluding hydrogens is 394 g/mol. The molecule has 1 fully saturated rings. The second kappa shape index (κ2) is 7.74. The molecule has 1 amide bonds. The zero-order valence-electron chi connectivity index (χ0n) is 12.3. The number of anilines is 1. The number of carbonyl (C=O) groups excluding carboxylic acids is 1. The van der Waals surface area contributed by atoms with Crippen molar-refractivity contribution in [2.75, 3.05) is 25.0 Å². The van der Waals surface area contributed by atoms with E-state index in [2.05, 4.69) is 26.6 Å². The Labute approximate surface area is 145 Å². The van der Waals surface area contributed by atoms with E-state index in [1.807, 2.05) is 6.92 Å². The lowest BCUT2D eigenvalue weighted by Gasteiger charge is -2.32. The zero-order valence-corrected chi connectivity index (χ0v) is 15.5. The highest BCUT2D eigenvalue weighted by molar-refractivity contribution is 9.10. The number of nitrogens with zero attached hydrogens (tertiary/aromatic N) is 1. The summed E-state index contributed by atoms with van der Waals surface area (Å²) in [6.07, 6.45) is 0. The largest absolute Gasteiger partial charge is 0.325 e. The molecule has 2 N–H and O–H groups in total. The maximum absolute atomic E-state index is 12.7. The summed E-state index contributed by atoms with van der Waals surface area (Å²) in [4.78, 5) is 11.3. The smallest absolute Gasteiger partial charge is 0.243 e. The van der Waals surface area contributed by atoms with Crippen LogP contribution in [0.1, 0.15) is 13.8 Å². The molecule has 0 saturated carbocycles. The third kappa shape index (κ3) is 4.20. The quantitative estimate of drug-likeness (QED) is 0.794. The van der Waals surface area contributed by atoms with Crippen molar-refractivity contribution in [3.63, 3.8) is 0 Å². The molecule has 1 atom stereocenters. The van der Waals surface area contributed by atoms with E-state index in [0.717, 1.165) is 0 Å². The van der Waals surface area contributed by atoms with Crippen molar-refractivity contribution in [2.45, 2.75) is 24.8 Å². The van der Waals surface area contributed by atoms with E-state index in [0.29, 0.717) is 29.8 Å². The summed E-state index contributed by atoms with van der Waals surface area (Å²) in [6.45, 7) is 5.03. The minimum atomic E-state index is -3.53. The molecule has 1 unspecified atom stereocenters. The Kier molecular flexibility index (Phi) is 6.82. The van der Waals surface area contributed by atoms with Crippen LogP contribution in [0.25, 0.3) is 0 Å². The Balaban J connectivity index is 0.00000242. The average molecular weight is 413 g/mol. The number of halogens is 2. The number of rotatable bonds is 3. The number of carbonyl (C=O) groups is 1. The van der Waals surface area contributed by atoms with Crippen LogP contribution in [-0.4, -0.2) is 44.3 Å². The number of hydrogen-bond donors (Lipinski definition) is 2. The van der Waals surface area contributed by atoms with Crippen LogP contribution in [-0.2, 0) is 14.8 Å². The highest BCUT2D eigenvalue weighted by Crippen LogP contribution is 2.28. The van der Waals surface area contributed by atoms with Crippen LogP contribution >= 0.6 is 28.3 Å². The van der Waals surface area contributed by atoms with Crippen molar-refractivity contribution in [3.8, 4) is 0 Å². The molecule has 1 aliphatic rings. The molecule has 0 aromatic heterocycles. The molecule has 1 saturated heterocycles. The average Bonchev–Trinajstić information content (AvgIpc) is 2.40. The van der Waals surface area contributed by atoms with Crippen molar-refractivity contribution >= 4 is 50.0 Å². The van der Waals surface area contributed by atoms with Gasteiger partial charge in [0.25, 0.3) is 0 Å². The van der Waals surface area contributed by atoms with Gasteiger partial charge in [0, 0.05) is 37.1 Å². The molecule has 0 bridgehead atoms. The lowest BCUT2D eigenvalue weighted by Crippen LogP contribution is -2.52. The van der Waals surface area contributed by atoms with Gasteiger partial charge in [-0.05, 0) is 41.1 Å². The maximum atomic E-state index is 12.7. The van der Waals surface area contributed by atoms with Gasteiger partial charge >= 0.3 is 0 Å². The molecular formula is C13H19BrClN3O3S. The molecule has 2 rings (SSSR count). The van der Waals surface area contributed by atoms with Gasteiger partial charge in [-0.25, -0.2) is 8.42 Å². The topological polar surface area (TPSA) is 78.5 Å². The Hall–Kier alpha value is -0.670. The van der Waals surface area contributed by atoms with Crippen LogP contribution in [0.2, 0.25) is 0 Å². The molecule has 1 aromatic rings. The number of piperazine rings is 1. The van der Waals surface area contributed by atoms with Crippen molar-refractivity contribution in [1.82, 2.24) is 9.62 Å². The van der Waals surface area contributed by atoms with Gasteiger partial charge in [0.1, 0.15) is 0 Å². The Bertz CT molecular complexity index is 654. The summed E-state index contributed by atoms with van der Waals surface area (Å²) in [5, 5.41) is 5.80. The van der Waals surface area contributed by atoms with Gasteiger partial charge in [0.15, 0.2) is 0 Å². The van der Waals surface area contributed by atoms with Gasteiger partial charge in [-0.15, -0.1) is 12.4 Å². The number of nitrogens with one attached hydrogen (secondary N) is 2.